The maximum absolute atomic E-state index is 11.2. The summed E-state index contributed by atoms with van der Waals surface area (Å²) in [6.07, 6.45) is 1.28. The second kappa shape index (κ2) is 6.04. The number of nitrogens with one attached hydrogen (secondary N) is 1. The first-order chi connectivity index (χ1) is 10.1. The first-order valence-corrected chi connectivity index (χ1v) is 6.07. The van der Waals surface area contributed by atoms with E-state index in [1.165, 1.54) is 19.5 Å². The predicted molar refractivity (Wildman–Crippen MR) is 76.0 cm³/mol. The van der Waals surface area contributed by atoms with Gasteiger partial charge in [0.2, 0.25) is 11.5 Å². The maximum atomic E-state index is 11.2. The van der Waals surface area contributed by atoms with Gasteiger partial charge in [-0.3, -0.25) is 10.1 Å². The molecule has 0 unspecified atom stereocenters. The molecule has 0 fully saturated rings. The third-order valence-corrected chi connectivity index (χ3v) is 2.80. The number of para-hydroxylation sites is 1. The molecular formula is C13H14N4O4. The Morgan fingerprint density at radius 3 is 2.71 bits per heavy atom. The first-order valence-electron chi connectivity index (χ1n) is 6.07. The van der Waals surface area contributed by atoms with E-state index in [0.717, 1.165) is 0 Å². The first kappa shape index (κ1) is 14.5. The number of hydrogen-bond donors (Lipinski definition) is 1. The van der Waals surface area contributed by atoms with Gasteiger partial charge >= 0.3 is 5.69 Å². The number of anilines is 1. The molecule has 0 saturated carbocycles. The largest absolute Gasteiger partial charge is 0.489 e. The van der Waals surface area contributed by atoms with Crippen molar-refractivity contribution in [3.8, 4) is 17.4 Å². The number of aromatic nitrogens is 2. The lowest BCUT2D eigenvalue weighted by molar-refractivity contribution is -0.386. The topological polar surface area (TPSA) is 99.4 Å². The lowest BCUT2D eigenvalue weighted by Crippen LogP contribution is -2.02. The Kier molecular flexibility index (Phi) is 4.17. The smallest absolute Gasteiger partial charge is 0.314 e. The summed E-state index contributed by atoms with van der Waals surface area (Å²) in [4.78, 5) is 18.6. The average molecular weight is 290 g/mol. The number of hydrogen-bond acceptors (Lipinski definition) is 7. The summed E-state index contributed by atoms with van der Waals surface area (Å²) < 4.78 is 10.7. The molecule has 0 spiro atoms. The van der Waals surface area contributed by atoms with E-state index in [4.69, 9.17) is 9.47 Å². The van der Waals surface area contributed by atoms with E-state index in [1.807, 2.05) is 0 Å². The zero-order valence-corrected chi connectivity index (χ0v) is 11.8. The Morgan fingerprint density at radius 1 is 1.33 bits per heavy atom. The number of ether oxygens (including phenoxy) is 2. The van der Waals surface area contributed by atoms with E-state index in [2.05, 4.69) is 15.3 Å². The van der Waals surface area contributed by atoms with Gasteiger partial charge in [-0.1, -0.05) is 12.1 Å². The van der Waals surface area contributed by atoms with Crippen molar-refractivity contribution in [1.82, 2.24) is 9.97 Å². The van der Waals surface area contributed by atoms with E-state index >= 15 is 0 Å². The molecule has 2 aromatic rings. The molecule has 1 aromatic carbocycles. The second-order valence-corrected chi connectivity index (χ2v) is 4.09. The van der Waals surface area contributed by atoms with Crippen LogP contribution in [-0.4, -0.2) is 29.0 Å². The molecular weight excluding hydrogens is 276 g/mol. The minimum atomic E-state index is -0.489. The normalized spacial score (nSPS) is 10.0. The molecule has 1 N–H and O–H groups in total. The summed E-state index contributed by atoms with van der Waals surface area (Å²) in [5.41, 5.74) is 0.392. The standard InChI is InChI=1S/C13H14N4O4/c1-8-5-4-6-9(10(8)17(18)19)21-13-11(20-3)12(14-2)15-7-16-13/h4-7H,1-3H3,(H,14,15,16). The van der Waals surface area contributed by atoms with E-state index in [-0.39, 0.29) is 23.1 Å². The van der Waals surface area contributed by atoms with E-state index in [1.54, 1.807) is 26.1 Å². The summed E-state index contributed by atoms with van der Waals surface area (Å²) in [6.45, 7) is 1.64. The number of nitro benzene ring substituents is 1. The fourth-order valence-electron chi connectivity index (χ4n) is 1.84. The van der Waals surface area contributed by atoms with Crippen molar-refractivity contribution >= 4 is 11.5 Å². The highest BCUT2D eigenvalue weighted by molar-refractivity contribution is 5.58. The van der Waals surface area contributed by atoms with Gasteiger partial charge in [0, 0.05) is 12.6 Å². The molecule has 8 heteroatoms. The van der Waals surface area contributed by atoms with Crippen LogP contribution in [0.25, 0.3) is 0 Å². The Morgan fingerprint density at radius 2 is 2.10 bits per heavy atom. The minimum absolute atomic E-state index is 0.0963. The van der Waals surface area contributed by atoms with Gasteiger partial charge in [-0.05, 0) is 13.0 Å². The van der Waals surface area contributed by atoms with Crippen molar-refractivity contribution < 1.29 is 14.4 Å². The summed E-state index contributed by atoms with van der Waals surface area (Å²) in [5.74, 6) is 0.901. The zero-order chi connectivity index (χ0) is 15.4. The third kappa shape index (κ3) is 2.83. The molecule has 21 heavy (non-hydrogen) atoms. The highest BCUT2D eigenvalue weighted by atomic mass is 16.6. The van der Waals surface area contributed by atoms with Crippen LogP contribution in [0, 0.1) is 17.0 Å². The van der Waals surface area contributed by atoms with Crippen LogP contribution in [0.4, 0.5) is 11.5 Å². The van der Waals surface area contributed by atoms with Crippen LogP contribution in [0.15, 0.2) is 24.5 Å². The van der Waals surface area contributed by atoms with Crippen LogP contribution < -0.4 is 14.8 Å². The van der Waals surface area contributed by atoms with Crippen molar-refractivity contribution in [1.29, 1.82) is 0 Å². The number of nitrogens with zero attached hydrogens (tertiary/aromatic N) is 3. The van der Waals surface area contributed by atoms with Crippen molar-refractivity contribution in [2.24, 2.45) is 0 Å². The van der Waals surface area contributed by atoms with Crippen LogP contribution >= 0.6 is 0 Å². The lowest BCUT2D eigenvalue weighted by atomic mass is 10.2. The number of methoxy groups -OCH3 is 1. The van der Waals surface area contributed by atoms with Crippen LogP contribution in [0.1, 0.15) is 5.56 Å². The van der Waals surface area contributed by atoms with Gasteiger partial charge in [-0.2, -0.15) is 4.98 Å². The highest BCUT2D eigenvalue weighted by Gasteiger charge is 2.21. The van der Waals surface area contributed by atoms with E-state index in [0.29, 0.717) is 11.4 Å². The Bertz CT molecular complexity index is 675. The summed E-state index contributed by atoms with van der Waals surface area (Å²) >= 11 is 0. The van der Waals surface area contributed by atoms with Crippen LogP contribution in [0.2, 0.25) is 0 Å². The van der Waals surface area contributed by atoms with Gasteiger partial charge in [0.25, 0.3) is 5.88 Å². The summed E-state index contributed by atoms with van der Waals surface area (Å²) in [6, 6.07) is 4.82. The van der Waals surface area contributed by atoms with Gasteiger partial charge in [0.05, 0.1) is 12.0 Å². The lowest BCUT2D eigenvalue weighted by Gasteiger charge is -2.12. The summed E-state index contributed by atoms with van der Waals surface area (Å²) in [5, 5.41) is 14.0. The Hall–Kier alpha value is -2.90. The molecule has 110 valence electrons. The van der Waals surface area contributed by atoms with Gasteiger partial charge in [0.15, 0.2) is 5.82 Å². The molecule has 1 aromatic heterocycles. The molecule has 0 saturated heterocycles. The van der Waals surface area contributed by atoms with Gasteiger partial charge in [-0.25, -0.2) is 4.98 Å². The van der Waals surface area contributed by atoms with E-state index in [9.17, 15) is 10.1 Å². The van der Waals surface area contributed by atoms with Crippen LogP contribution in [0.3, 0.4) is 0 Å². The van der Waals surface area contributed by atoms with Gasteiger partial charge in [-0.15, -0.1) is 0 Å². The summed E-state index contributed by atoms with van der Waals surface area (Å²) in [7, 11) is 3.11. The fraction of sp³-hybridized carbons (Fsp3) is 0.231. The molecule has 0 aliphatic carbocycles. The molecule has 0 radical (unpaired) electrons. The molecule has 2 rings (SSSR count). The number of benzene rings is 1. The maximum Gasteiger partial charge on any atom is 0.314 e. The van der Waals surface area contributed by atoms with Crippen molar-refractivity contribution in [2.45, 2.75) is 6.92 Å². The average Bonchev–Trinajstić information content (AvgIpc) is 2.46. The minimum Gasteiger partial charge on any atom is -0.489 e. The fourth-order valence-corrected chi connectivity index (χ4v) is 1.84. The Labute approximate surface area is 120 Å². The molecule has 0 amide bonds. The molecule has 0 bridgehead atoms. The number of aryl methyl sites for hydroxylation is 1. The number of rotatable bonds is 5. The number of nitro groups is 1. The second-order valence-electron chi connectivity index (χ2n) is 4.09. The van der Waals surface area contributed by atoms with Crippen molar-refractivity contribution in [3.05, 3.63) is 40.2 Å². The zero-order valence-electron chi connectivity index (χ0n) is 11.8. The molecule has 0 aliphatic heterocycles. The molecule has 0 aliphatic rings. The highest BCUT2D eigenvalue weighted by Crippen LogP contribution is 2.38. The van der Waals surface area contributed by atoms with Crippen LogP contribution in [0.5, 0.6) is 17.4 Å². The quantitative estimate of drug-likeness (QED) is 0.667. The SMILES string of the molecule is CNc1ncnc(Oc2cccc(C)c2[N+](=O)[O-])c1OC. The molecule has 1 heterocycles. The van der Waals surface area contributed by atoms with Crippen LogP contribution in [-0.2, 0) is 0 Å². The van der Waals surface area contributed by atoms with Gasteiger partial charge in [0.1, 0.15) is 6.33 Å². The van der Waals surface area contributed by atoms with Crippen molar-refractivity contribution in [3.63, 3.8) is 0 Å². The third-order valence-electron chi connectivity index (χ3n) is 2.80. The Balaban J connectivity index is 2.49. The molecule has 8 nitrogen and oxygen atoms in total. The monoisotopic (exact) mass is 290 g/mol. The van der Waals surface area contributed by atoms with Gasteiger partial charge < -0.3 is 14.8 Å². The van der Waals surface area contributed by atoms with E-state index < -0.39 is 4.92 Å². The van der Waals surface area contributed by atoms with Crippen molar-refractivity contribution in [2.75, 3.05) is 19.5 Å². The predicted octanol–water partition coefficient (Wildman–Crippen LogP) is 2.54. The molecule has 0 atom stereocenters.